The summed E-state index contributed by atoms with van der Waals surface area (Å²) < 4.78 is 18.7. The highest BCUT2D eigenvalue weighted by Crippen LogP contribution is 2.71. The number of benzene rings is 2. The number of hydrogen-bond donors (Lipinski definition) is 0. The Morgan fingerprint density at radius 1 is 0.659 bits per heavy atom. The Labute approximate surface area is 266 Å². The average molecular weight is 654 g/mol. The van der Waals surface area contributed by atoms with Crippen LogP contribution in [0.5, 0.6) is 0 Å². The van der Waals surface area contributed by atoms with Gasteiger partial charge in [0.25, 0.3) is 5.91 Å². The van der Waals surface area contributed by atoms with Crippen molar-refractivity contribution >= 4 is 76.3 Å². The topological polar surface area (TPSA) is 126 Å². The van der Waals surface area contributed by atoms with Gasteiger partial charge in [0.05, 0.1) is 45.2 Å². The molecule has 2 aromatic rings. The van der Waals surface area contributed by atoms with Gasteiger partial charge in [0.1, 0.15) is 18.8 Å². The van der Waals surface area contributed by atoms with E-state index in [2.05, 4.69) is 0 Å². The maximum atomic E-state index is 14.2. The maximum Gasteiger partial charge on any atom is 0.345 e. The smallest absolute Gasteiger partial charge is 0.345 e. The van der Waals surface area contributed by atoms with E-state index in [1.165, 1.54) is 28.4 Å². The number of carbonyl (C=O) groups is 5. The number of carbonyl (C=O) groups excluding carboxylic acids is 5. The zero-order chi connectivity index (χ0) is 32.0. The van der Waals surface area contributed by atoms with Gasteiger partial charge in [-0.15, -0.1) is 0 Å². The van der Waals surface area contributed by atoms with Crippen molar-refractivity contribution in [2.24, 2.45) is 0 Å². The van der Waals surface area contributed by atoms with Crippen molar-refractivity contribution in [3.8, 4) is 0 Å². The van der Waals surface area contributed by atoms with Crippen molar-refractivity contribution < 1.29 is 42.9 Å². The lowest BCUT2D eigenvalue weighted by atomic mass is 9.83. The Morgan fingerprint density at radius 3 is 1.70 bits per heavy atom. The van der Waals surface area contributed by atoms with E-state index in [0.717, 1.165) is 35.3 Å². The Morgan fingerprint density at radius 2 is 1.16 bits per heavy atom. The molecule has 228 valence electrons. The molecule has 3 heterocycles. The summed E-state index contributed by atoms with van der Waals surface area (Å²) >= 11 is 2.76. The predicted molar refractivity (Wildman–Crippen MR) is 168 cm³/mol. The second-order valence-corrected chi connectivity index (χ2v) is 13.8. The Kier molecular flexibility index (Phi) is 8.49. The van der Waals surface area contributed by atoms with Crippen LogP contribution in [-0.2, 0) is 38.1 Å². The van der Waals surface area contributed by atoms with Gasteiger partial charge < -0.3 is 18.9 Å². The van der Waals surface area contributed by atoms with E-state index < -0.39 is 33.5 Å². The number of thioether (sulfide) groups is 3. The summed E-state index contributed by atoms with van der Waals surface area (Å²) in [5.41, 5.74) is 0.807. The maximum absolute atomic E-state index is 14.2. The Balaban J connectivity index is 1.87. The molecule has 0 N–H and O–H groups in total. The SMILES string of the molecule is COC(=O)C1=C(C(=O)OC)SC2(S1)C(C(=O)OC)=C(C(=O)OC)SC1=C2c2ccccc2N(C(=O)c2ccccc2)C1(C)C. The van der Waals surface area contributed by atoms with Crippen LogP contribution in [0.25, 0.3) is 5.57 Å². The molecule has 0 aromatic heterocycles. The quantitative estimate of drug-likeness (QED) is 0.321. The number of anilines is 1. The van der Waals surface area contributed by atoms with Crippen molar-refractivity contribution in [3.05, 3.63) is 90.9 Å². The molecular weight excluding hydrogens is 627 g/mol. The molecule has 5 rings (SSSR count). The van der Waals surface area contributed by atoms with E-state index in [-0.39, 0.29) is 26.2 Å². The molecule has 0 aliphatic carbocycles. The van der Waals surface area contributed by atoms with Crippen LogP contribution in [0, 0.1) is 0 Å². The van der Waals surface area contributed by atoms with Gasteiger partial charge >= 0.3 is 23.9 Å². The number of rotatable bonds is 5. The summed E-state index contributed by atoms with van der Waals surface area (Å²) in [7, 11) is 4.70. The molecular formula is C31H27NO9S3. The molecule has 0 bridgehead atoms. The largest absolute Gasteiger partial charge is 0.466 e. The molecule has 1 amide bonds. The minimum atomic E-state index is -1.63. The standard InChI is InChI=1S/C31H27NO9S3/c1-30(2)24-19(17-14-10-11-15-18(17)32(30)25(33)16-12-8-7-9-13-16)31(20(26(34)38-3)21(42-24)27(35)39-4)43-22(28(36)40-5)23(44-31)29(37)41-6/h7-15H,1-6H3. The molecule has 0 atom stereocenters. The number of amides is 1. The van der Waals surface area contributed by atoms with Crippen LogP contribution >= 0.6 is 35.3 Å². The van der Waals surface area contributed by atoms with E-state index in [1.807, 2.05) is 19.9 Å². The van der Waals surface area contributed by atoms with Gasteiger partial charge in [0.15, 0.2) is 0 Å². The lowest BCUT2D eigenvalue weighted by Gasteiger charge is -2.50. The van der Waals surface area contributed by atoms with Crippen LogP contribution < -0.4 is 4.90 Å². The zero-order valence-electron chi connectivity index (χ0n) is 24.5. The van der Waals surface area contributed by atoms with Crippen LogP contribution in [0.2, 0.25) is 0 Å². The second-order valence-electron chi connectivity index (χ2n) is 10.0. The first-order valence-electron chi connectivity index (χ1n) is 13.1. The van der Waals surface area contributed by atoms with Crippen molar-refractivity contribution in [3.63, 3.8) is 0 Å². The van der Waals surface area contributed by atoms with Gasteiger partial charge in [0.2, 0.25) is 0 Å². The Hall–Kier alpha value is -3.94. The highest BCUT2D eigenvalue weighted by atomic mass is 32.2. The number of nitrogens with zero attached hydrogens (tertiary/aromatic N) is 1. The predicted octanol–water partition coefficient (Wildman–Crippen LogP) is 4.92. The van der Waals surface area contributed by atoms with Gasteiger partial charge in [-0.1, -0.05) is 71.7 Å². The van der Waals surface area contributed by atoms with E-state index in [4.69, 9.17) is 18.9 Å². The lowest BCUT2D eigenvalue weighted by molar-refractivity contribution is -0.138. The van der Waals surface area contributed by atoms with Crippen LogP contribution in [0.15, 0.2) is 79.8 Å². The van der Waals surface area contributed by atoms with Crippen LogP contribution in [0.4, 0.5) is 5.69 Å². The molecule has 44 heavy (non-hydrogen) atoms. The number of ether oxygens (including phenoxy) is 4. The fourth-order valence-electron chi connectivity index (χ4n) is 5.34. The fourth-order valence-corrected chi connectivity index (χ4v) is 10.4. The molecule has 0 fully saturated rings. The highest BCUT2D eigenvalue weighted by molar-refractivity contribution is 8.26. The Bertz CT molecular complexity index is 1680. The molecule has 13 heteroatoms. The third-order valence-corrected chi connectivity index (χ3v) is 11.9. The van der Waals surface area contributed by atoms with E-state index in [0.29, 0.717) is 27.3 Å². The number of methoxy groups -OCH3 is 4. The first-order chi connectivity index (χ1) is 21.0. The van der Waals surface area contributed by atoms with Gasteiger partial charge in [0, 0.05) is 21.6 Å². The summed E-state index contributed by atoms with van der Waals surface area (Å²) in [5.74, 6) is -3.63. The van der Waals surface area contributed by atoms with Gasteiger partial charge in [-0.3, -0.25) is 9.69 Å². The van der Waals surface area contributed by atoms with Gasteiger partial charge in [-0.05, 0) is 32.0 Å². The molecule has 1 spiro atoms. The molecule has 0 unspecified atom stereocenters. The molecule has 3 aliphatic rings. The van der Waals surface area contributed by atoms with Crippen LogP contribution in [0.1, 0.15) is 29.8 Å². The number of hydrogen-bond acceptors (Lipinski definition) is 12. The minimum absolute atomic E-state index is 0.104. The zero-order valence-corrected chi connectivity index (χ0v) is 27.0. The summed E-state index contributed by atoms with van der Waals surface area (Å²) in [6.45, 7) is 3.66. The first-order valence-corrected chi connectivity index (χ1v) is 15.6. The summed E-state index contributed by atoms with van der Waals surface area (Å²) in [5, 5.41) is 0. The van der Waals surface area contributed by atoms with E-state index >= 15 is 0 Å². The van der Waals surface area contributed by atoms with E-state index in [9.17, 15) is 24.0 Å². The van der Waals surface area contributed by atoms with Crippen LogP contribution in [0.3, 0.4) is 0 Å². The molecule has 2 aromatic carbocycles. The second kappa shape index (κ2) is 11.9. The average Bonchev–Trinajstić information content (AvgIpc) is 3.43. The molecule has 3 aliphatic heterocycles. The monoisotopic (exact) mass is 653 g/mol. The summed E-state index contributed by atoms with van der Waals surface area (Å²) in [6.07, 6.45) is 0. The summed E-state index contributed by atoms with van der Waals surface area (Å²) in [6, 6.07) is 15.9. The van der Waals surface area contributed by atoms with E-state index in [1.54, 1.807) is 53.4 Å². The fraction of sp³-hybridized carbons (Fsp3) is 0.258. The van der Waals surface area contributed by atoms with Crippen LogP contribution in [-0.4, -0.2) is 67.8 Å². The number of para-hydroxylation sites is 1. The first kappa shape index (κ1) is 31.5. The van der Waals surface area contributed by atoms with Crippen molar-refractivity contribution in [2.75, 3.05) is 33.3 Å². The van der Waals surface area contributed by atoms with Crippen molar-refractivity contribution in [1.82, 2.24) is 0 Å². The molecule has 0 radical (unpaired) electrons. The summed E-state index contributed by atoms with van der Waals surface area (Å²) in [4.78, 5) is 69.4. The highest BCUT2D eigenvalue weighted by Gasteiger charge is 2.61. The van der Waals surface area contributed by atoms with Crippen molar-refractivity contribution in [1.29, 1.82) is 0 Å². The third-order valence-electron chi connectivity index (χ3n) is 7.27. The molecule has 10 nitrogen and oxygen atoms in total. The third kappa shape index (κ3) is 4.74. The minimum Gasteiger partial charge on any atom is -0.466 e. The van der Waals surface area contributed by atoms with Crippen molar-refractivity contribution in [2.45, 2.75) is 23.5 Å². The normalized spacial score (nSPS) is 18.0. The van der Waals surface area contributed by atoms with Gasteiger partial charge in [-0.25, -0.2) is 19.2 Å². The molecule has 0 saturated heterocycles. The van der Waals surface area contributed by atoms with Gasteiger partial charge in [-0.2, -0.15) is 0 Å². The molecule has 0 saturated carbocycles. The number of fused-ring (bicyclic) bond motifs is 3. The number of esters is 4. The lowest BCUT2D eigenvalue weighted by Crippen LogP contribution is -2.53.